The highest BCUT2D eigenvalue weighted by Crippen LogP contribution is 2.35. The molecule has 1 unspecified atom stereocenters. The molecule has 3 rings (SSSR count). The number of nitrogen functional groups attached to an aromatic ring is 1. The first-order chi connectivity index (χ1) is 16.7. The zero-order valence-electron chi connectivity index (χ0n) is 18.3. The number of aliphatic hydroxyl groups is 1. The van der Waals surface area contributed by atoms with Crippen molar-refractivity contribution in [2.24, 2.45) is 4.99 Å². The highest BCUT2D eigenvalue weighted by molar-refractivity contribution is 6.35. The van der Waals surface area contributed by atoms with E-state index in [0.717, 1.165) is 0 Å². The van der Waals surface area contributed by atoms with Crippen LogP contribution in [0.25, 0.3) is 0 Å². The van der Waals surface area contributed by atoms with E-state index in [9.17, 15) is 24.6 Å². The number of aldehydes is 1. The van der Waals surface area contributed by atoms with E-state index in [0.29, 0.717) is 30.2 Å². The van der Waals surface area contributed by atoms with Crippen molar-refractivity contribution in [1.82, 2.24) is 16.0 Å². The van der Waals surface area contributed by atoms with Crippen molar-refractivity contribution in [1.29, 1.82) is 0 Å². The molecule has 0 aliphatic carbocycles. The van der Waals surface area contributed by atoms with Crippen LogP contribution in [-0.4, -0.2) is 60.0 Å². The summed E-state index contributed by atoms with van der Waals surface area (Å²) in [6.45, 7) is 0.165. The van der Waals surface area contributed by atoms with E-state index >= 15 is 0 Å². The third kappa shape index (κ3) is 7.22. The van der Waals surface area contributed by atoms with Gasteiger partial charge >= 0.3 is 0 Å². The number of aromatic hydroxyl groups is 1. The average molecular weight is 523 g/mol. The Kier molecular flexibility index (Phi) is 8.74. The molecule has 0 bridgehead atoms. The number of nitrogens with one attached hydrogen (secondary N) is 4. The Bertz CT molecular complexity index is 1160. The summed E-state index contributed by atoms with van der Waals surface area (Å²) in [6.07, 6.45) is -0.145. The second-order valence-electron chi connectivity index (χ2n) is 7.72. The van der Waals surface area contributed by atoms with E-state index in [4.69, 9.17) is 28.9 Å². The van der Waals surface area contributed by atoms with Gasteiger partial charge in [-0.15, -0.1) is 0 Å². The average Bonchev–Trinajstić information content (AvgIpc) is 2.80. The van der Waals surface area contributed by atoms with Crippen LogP contribution in [-0.2, 0) is 9.59 Å². The molecule has 1 aliphatic heterocycles. The number of hydrogen-bond acceptors (Lipinski definition) is 9. The van der Waals surface area contributed by atoms with Gasteiger partial charge in [0.05, 0.1) is 30.3 Å². The van der Waals surface area contributed by atoms with E-state index in [1.807, 2.05) is 0 Å². The first kappa shape index (κ1) is 26.1. The van der Waals surface area contributed by atoms with Gasteiger partial charge in [-0.3, -0.25) is 14.6 Å². The lowest BCUT2D eigenvalue weighted by Gasteiger charge is -2.20. The highest BCUT2D eigenvalue weighted by atomic mass is 35.5. The van der Waals surface area contributed by atoms with Crippen molar-refractivity contribution in [2.75, 3.05) is 30.7 Å². The number of rotatable bonds is 8. The number of amides is 2. The third-order valence-electron chi connectivity index (χ3n) is 4.96. The van der Waals surface area contributed by atoms with Crippen molar-refractivity contribution < 1.29 is 24.6 Å². The quantitative estimate of drug-likeness (QED) is 0.199. The summed E-state index contributed by atoms with van der Waals surface area (Å²) in [7, 11) is 0. The highest BCUT2D eigenvalue weighted by Gasteiger charge is 2.21. The van der Waals surface area contributed by atoms with Crippen molar-refractivity contribution in [3.63, 3.8) is 0 Å². The van der Waals surface area contributed by atoms with Crippen LogP contribution in [0, 0.1) is 0 Å². The Morgan fingerprint density at radius 3 is 2.71 bits per heavy atom. The molecule has 13 heteroatoms. The number of nitrogens with two attached hydrogens (primary N) is 1. The molecule has 1 heterocycles. The van der Waals surface area contributed by atoms with Crippen molar-refractivity contribution >= 4 is 58.6 Å². The van der Waals surface area contributed by atoms with Gasteiger partial charge in [0.2, 0.25) is 5.91 Å². The predicted molar refractivity (Wildman–Crippen MR) is 133 cm³/mol. The van der Waals surface area contributed by atoms with Gasteiger partial charge in [0.15, 0.2) is 5.96 Å². The summed E-state index contributed by atoms with van der Waals surface area (Å²) in [6, 6.07) is 6.39. The van der Waals surface area contributed by atoms with Gasteiger partial charge in [-0.05, 0) is 30.3 Å². The van der Waals surface area contributed by atoms with Crippen LogP contribution in [0.4, 0.5) is 11.4 Å². The molecule has 2 atom stereocenters. The summed E-state index contributed by atoms with van der Waals surface area (Å²) in [5.41, 5.74) is 7.07. The Labute approximate surface area is 210 Å². The molecule has 2 aromatic rings. The summed E-state index contributed by atoms with van der Waals surface area (Å²) in [5, 5.41) is 30.9. The zero-order chi connectivity index (χ0) is 25.5. The van der Waals surface area contributed by atoms with Crippen LogP contribution >= 0.6 is 23.2 Å². The number of carbonyl (C=O) groups excluding carboxylic acids is 3. The van der Waals surface area contributed by atoms with Crippen LogP contribution in [0.2, 0.25) is 10.0 Å². The Hall–Kier alpha value is -3.54. The van der Waals surface area contributed by atoms with Gasteiger partial charge in [0.25, 0.3) is 5.91 Å². The van der Waals surface area contributed by atoms with Crippen LogP contribution in [0.15, 0.2) is 35.3 Å². The molecule has 0 saturated heterocycles. The lowest BCUT2D eigenvalue weighted by Crippen LogP contribution is -2.42. The molecule has 0 fully saturated rings. The molecule has 2 aromatic carbocycles. The summed E-state index contributed by atoms with van der Waals surface area (Å²) in [4.78, 5) is 40.4. The molecule has 0 saturated carbocycles. The maximum atomic E-state index is 12.6. The zero-order valence-corrected chi connectivity index (χ0v) is 19.9. The number of β-amino-alcohol motifs (C(OH)–C–C–N with tert-alkyl or cyclic N) is 1. The van der Waals surface area contributed by atoms with E-state index < -0.39 is 30.5 Å². The maximum absolute atomic E-state index is 12.6. The van der Waals surface area contributed by atoms with Crippen molar-refractivity contribution in [2.45, 2.75) is 18.6 Å². The van der Waals surface area contributed by atoms with Crippen LogP contribution < -0.4 is 27.0 Å². The molecule has 0 aromatic heterocycles. The number of anilines is 2. The topological polar surface area (TPSA) is 178 Å². The smallest absolute Gasteiger partial charge is 0.251 e. The summed E-state index contributed by atoms with van der Waals surface area (Å²) < 4.78 is 0. The van der Waals surface area contributed by atoms with Gasteiger partial charge in [-0.2, -0.15) is 0 Å². The monoisotopic (exact) mass is 522 g/mol. The summed E-state index contributed by atoms with van der Waals surface area (Å²) in [5.74, 6) is -1.05. The van der Waals surface area contributed by atoms with Gasteiger partial charge in [-0.1, -0.05) is 23.2 Å². The van der Waals surface area contributed by atoms with Crippen LogP contribution in [0.5, 0.6) is 5.75 Å². The minimum Gasteiger partial charge on any atom is -0.506 e. The lowest BCUT2D eigenvalue weighted by molar-refractivity contribution is -0.121. The number of phenols is 1. The van der Waals surface area contributed by atoms with Gasteiger partial charge in [0, 0.05) is 40.5 Å². The molecule has 1 aliphatic rings. The van der Waals surface area contributed by atoms with Crippen molar-refractivity contribution in [3.8, 4) is 5.75 Å². The molecule has 0 spiro atoms. The molecular weight excluding hydrogens is 499 g/mol. The number of halogens is 2. The Balaban J connectivity index is 1.64. The third-order valence-corrected chi connectivity index (χ3v) is 5.46. The number of aliphatic imine (C=N–C) groups is 1. The molecule has 2 amide bonds. The van der Waals surface area contributed by atoms with Crippen LogP contribution in [0.3, 0.4) is 0 Å². The van der Waals surface area contributed by atoms with Crippen LogP contribution in [0.1, 0.15) is 28.4 Å². The number of hydrogen-bond donors (Lipinski definition) is 7. The van der Waals surface area contributed by atoms with E-state index in [1.165, 1.54) is 24.3 Å². The first-order valence-corrected chi connectivity index (χ1v) is 11.2. The second kappa shape index (κ2) is 11.7. The fourth-order valence-corrected chi connectivity index (χ4v) is 3.84. The molecular formula is C22H24Cl2N6O5. The number of carbonyl (C=O) groups is 3. The number of aliphatic hydroxyl groups excluding tert-OH is 1. The SMILES string of the molecule is Nc1cc(NC2=NCC(O)CN2)cc(C(=O)NCC(=O)N[C@H](CC=O)c2cc(Cl)cc(Cl)c2O)c1. The van der Waals surface area contributed by atoms with Gasteiger partial charge in [-0.25, -0.2) is 0 Å². The van der Waals surface area contributed by atoms with E-state index in [2.05, 4.69) is 26.3 Å². The minimum atomic E-state index is -0.904. The molecule has 35 heavy (non-hydrogen) atoms. The minimum absolute atomic E-state index is 0.0254. The fraction of sp³-hybridized carbons (Fsp3) is 0.273. The largest absolute Gasteiger partial charge is 0.506 e. The second-order valence-corrected chi connectivity index (χ2v) is 8.57. The Morgan fingerprint density at radius 2 is 2.03 bits per heavy atom. The van der Waals surface area contributed by atoms with E-state index in [1.54, 1.807) is 6.07 Å². The number of guanidine groups is 1. The first-order valence-electron chi connectivity index (χ1n) is 10.5. The molecule has 8 N–H and O–H groups in total. The number of nitrogens with zero attached hydrogens (tertiary/aromatic N) is 1. The molecule has 186 valence electrons. The normalized spacial score (nSPS) is 15.9. The molecule has 0 radical (unpaired) electrons. The van der Waals surface area contributed by atoms with E-state index in [-0.39, 0.29) is 39.9 Å². The molecule has 11 nitrogen and oxygen atoms in total. The fourth-order valence-electron chi connectivity index (χ4n) is 3.33. The Morgan fingerprint density at radius 1 is 1.26 bits per heavy atom. The lowest BCUT2D eigenvalue weighted by atomic mass is 10.0. The standard InChI is InChI=1S/C22H24Cl2N6O5/c23-12-5-16(20(34)17(24)6-12)18(1-2-31)30-19(33)10-26-21(35)11-3-13(25)7-14(4-11)29-22-27-8-15(32)9-28-22/h2-7,15,18,32,34H,1,8-10,25H2,(H,26,35)(H,30,33)(H2,27,28,29)/t18-/m1/s1. The van der Waals surface area contributed by atoms with Crippen molar-refractivity contribution in [3.05, 3.63) is 51.5 Å². The van der Waals surface area contributed by atoms with Gasteiger partial charge < -0.3 is 42.0 Å². The van der Waals surface area contributed by atoms with Gasteiger partial charge in [0.1, 0.15) is 12.0 Å². The maximum Gasteiger partial charge on any atom is 0.251 e. The number of phenolic OH excluding ortho intramolecular Hbond substituents is 1. The summed E-state index contributed by atoms with van der Waals surface area (Å²) >= 11 is 11.9. The number of benzene rings is 2. The predicted octanol–water partition coefficient (Wildman–Crippen LogP) is 1.19.